The zero-order valence-electron chi connectivity index (χ0n) is 11.2. The van der Waals surface area contributed by atoms with Crippen LogP contribution in [0, 0.1) is 3.57 Å². The van der Waals surface area contributed by atoms with E-state index in [1.54, 1.807) is 18.2 Å². The topological polar surface area (TPSA) is 38.3 Å². The quantitative estimate of drug-likeness (QED) is 0.747. The Kier molecular flexibility index (Phi) is 5.28. The molecule has 0 spiro atoms. The lowest BCUT2D eigenvalue weighted by Crippen LogP contribution is -2.22. The fourth-order valence-electron chi connectivity index (χ4n) is 1.73. The lowest BCUT2D eigenvalue weighted by Gasteiger charge is -2.14. The van der Waals surface area contributed by atoms with Gasteiger partial charge in [-0.25, -0.2) is 0 Å². The third-order valence-electron chi connectivity index (χ3n) is 2.70. The lowest BCUT2D eigenvalue weighted by atomic mass is 10.1. The van der Waals surface area contributed by atoms with E-state index in [0.717, 1.165) is 9.64 Å². The van der Waals surface area contributed by atoms with Crippen molar-refractivity contribution in [2.75, 3.05) is 11.9 Å². The molecule has 0 bridgehead atoms. The van der Waals surface area contributed by atoms with Crippen molar-refractivity contribution in [3.63, 3.8) is 0 Å². The fourth-order valence-corrected chi connectivity index (χ4v) is 2.27. The molecule has 0 aliphatic carbocycles. The SMILES string of the molecule is O=C(COc1ccccc1I)Nc1ccccc1C(F)(F)F. The van der Waals surface area contributed by atoms with Crippen molar-refractivity contribution in [1.82, 2.24) is 0 Å². The molecule has 0 aromatic heterocycles. The van der Waals surface area contributed by atoms with Gasteiger partial charge in [0.05, 0.1) is 14.8 Å². The molecule has 1 N–H and O–H groups in total. The average Bonchev–Trinajstić information content (AvgIpc) is 2.46. The number of anilines is 1. The number of ether oxygens (including phenoxy) is 1. The van der Waals surface area contributed by atoms with Crippen molar-refractivity contribution < 1.29 is 22.7 Å². The number of carbonyl (C=O) groups excluding carboxylic acids is 1. The summed E-state index contributed by atoms with van der Waals surface area (Å²) in [5, 5.41) is 2.22. The minimum absolute atomic E-state index is 0.286. The highest BCUT2D eigenvalue weighted by atomic mass is 127. The van der Waals surface area contributed by atoms with Crippen LogP contribution in [0.1, 0.15) is 5.56 Å². The van der Waals surface area contributed by atoms with Crippen LogP contribution in [0.25, 0.3) is 0 Å². The molecule has 0 aliphatic heterocycles. The van der Waals surface area contributed by atoms with Gasteiger partial charge in [0.1, 0.15) is 5.75 Å². The number of amides is 1. The van der Waals surface area contributed by atoms with Crippen LogP contribution >= 0.6 is 22.6 Å². The van der Waals surface area contributed by atoms with E-state index in [9.17, 15) is 18.0 Å². The smallest absolute Gasteiger partial charge is 0.418 e. The molecule has 1 amide bonds. The van der Waals surface area contributed by atoms with Gasteiger partial charge >= 0.3 is 6.18 Å². The molecular formula is C15H11F3INO2. The van der Waals surface area contributed by atoms with Crippen molar-refractivity contribution in [1.29, 1.82) is 0 Å². The molecule has 22 heavy (non-hydrogen) atoms. The van der Waals surface area contributed by atoms with E-state index < -0.39 is 17.6 Å². The molecule has 116 valence electrons. The summed E-state index contributed by atoms with van der Waals surface area (Å²) in [6, 6.07) is 11.8. The Bertz CT molecular complexity index is 674. The summed E-state index contributed by atoms with van der Waals surface area (Å²) >= 11 is 2.04. The summed E-state index contributed by atoms with van der Waals surface area (Å²) in [5.74, 6) is -0.154. The standard InChI is InChI=1S/C15H11F3INO2/c16-15(17,18)10-5-1-3-7-12(10)20-14(21)9-22-13-8-4-2-6-11(13)19/h1-8H,9H2,(H,20,21). The highest BCUT2D eigenvalue weighted by Gasteiger charge is 2.33. The van der Waals surface area contributed by atoms with Gasteiger partial charge in [0.25, 0.3) is 5.91 Å². The highest BCUT2D eigenvalue weighted by Crippen LogP contribution is 2.34. The summed E-state index contributed by atoms with van der Waals surface area (Å²) in [5.41, 5.74) is -1.18. The van der Waals surface area contributed by atoms with Crippen molar-refractivity contribution in [3.05, 3.63) is 57.7 Å². The Morgan fingerprint density at radius 1 is 1.09 bits per heavy atom. The van der Waals surface area contributed by atoms with Gasteiger partial charge in [0.15, 0.2) is 6.61 Å². The normalized spacial score (nSPS) is 11.1. The maximum Gasteiger partial charge on any atom is 0.418 e. The molecule has 0 saturated heterocycles. The van der Waals surface area contributed by atoms with E-state index in [-0.39, 0.29) is 12.3 Å². The summed E-state index contributed by atoms with van der Waals surface area (Å²) in [4.78, 5) is 11.8. The van der Waals surface area contributed by atoms with Gasteiger partial charge in [-0.15, -0.1) is 0 Å². The summed E-state index contributed by atoms with van der Waals surface area (Å²) in [7, 11) is 0. The van der Waals surface area contributed by atoms with Gasteiger partial charge in [-0.1, -0.05) is 24.3 Å². The molecular weight excluding hydrogens is 410 g/mol. The first kappa shape index (κ1) is 16.6. The lowest BCUT2D eigenvalue weighted by molar-refractivity contribution is -0.137. The van der Waals surface area contributed by atoms with Gasteiger partial charge in [-0.3, -0.25) is 4.79 Å². The summed E-state index contributed by atoms with van der Waals surface area (Å²) < 4.78 is 44.6. The fraction of sp³-hybridized carbons (Fsp3) is 0.133. The second-order valence-corrected chi connectivity index (χ2v) is 5.47. The second-order valence-electron chi connectivity index (χ2n) is 4.31. The molecule has 2 rings (SSSR count). The van der Waals surface area contributed by atoms with Crippen molar-refractivity contribution in [3.8, 4) is 5.75 Å². The molecule has 0 unspecified atom stereocenters. The number of rotatable bonds is 4. The third kappa shape index (κ3) is 4.36. The highest BCUT2D eigenvalue weighted by molar-refractivity contribution is 14.1. The number of carbonyl (C=O) groups is 1. The van der Waals surface area contributed by atoms with Crippen LogP contribution in [-0.4, -0.2) is 12.5 Å². The third-order valence-corrected chi connectivity index (χ3v) is 3.59. The zero-order chi connectivity index (χ0) is 16.2. The monoisotopic (exact) mass is 421 g/mol. The number of alkyl halides is 3. The molecule has 2 aromatic carbocycles. The van der Waals surface area contributed by atoms with Gasteiger partial charge in [-0.2, -0.15) is 13.2 Å². The predicted octanol–water partition coefficient (Wildman–Crippen LogP) is 4.33. The zero-order valence-corrected chi connectivity index (χ0v) is 13.3. The number of hydrogen-bond donors (Lipinski definition) is 1. The largest absolute Gasteiger partial charge is 0.483 e. The Morgan fingerprint density at radius 3 is 2.41 bits per heavy atom. The Hall–Kier alpha value is -1.77. The van der Waals surface area contributed by atoms with E-state index >= 15 is 0 Å². The molecule has 0 radical (unpaired) electrons. The molecule has 0 aliphatic rings. The Balaban J connectivity index is 2.03. The molecule has 7 heteroatoms. The molecule has 2 aromatic rings. The number of halogens is 4. The van der Waals surface area contributed by atoms with E-state index in [1.807, 2.05) is 28.7 Å². The van der Waals surface area contributed by atoms with Crippen molar-refractivity contribution in [2.24, 2.45) is 0 Å². The summed E-state index contributed by atoms with van der Waals surface area (Å²) in [6.07, 6.45) is -4.53. The van der Waals surface area contributed by atoms with Crippen LogP contribution in [0.4, 0.5) is 18.9 Å². The van der Waals surface area contributed by atoms with E-state index in [4.69, 9.17) is 4.74 Å². The molecule has 0 heterocycles. The number of nitrogens with one attached hydrogen (secondary N) is 1. The average molecular weight is 421 g/mol. The Morgan fingerprint density at radius 2 is 1.73 bits per heavy atom. The minimum atomic E-state index is -4.53. The van der Waals surface area contributed by atoms with E-state index in [2.05, 4.69) is 5.32 Å². The van der Waals surface area contributed by atoms with Crippen LogP contribution in [-0.2, 0) is 11.0 Å². The molecule has 0 fully saturated rings. The number of hydrogen-bond acceptors (Lipinski definition) is 2. The van der Waals surface area contributed by atoms with Crippen LogP contribution in [0.3, 0.4) is 0 Å². The van der Waals surface area contributed by atoms with Gasteiger partial charge in [-0.05, 0) is 46.9 Å². The van der Waals surface area contributed by atoms with E-state index in [1.165, 1.54) is 18.2 Å². The molecule has 3 nitrogen and oxygen atoms in total. The first-order valence-electron chi connectivity index (χ1n) is 6.21. The van der Waals surface area contributed by atoms with Crippen LogP contribution in [0.2, 0.25) is 0 Å². The van der Waals surface area contributed by atoms with Crippen molar-refractivity contribution in [2.45, 2.75) is 6.18 Å². The van der Waals surface area contributed by atoms with Crippen LogP contribution in [0.5, 0.6) is 5.75 Å². The molecule has 0 saturated carbocycles. The maximum absolute atomic E-state index is 12.8. The number of para-hydroxylation sites is 2. The molecule has 0 atom stereocenters. The van der Waals surface area contributed by atoms with Crippen LogP contribution < -0.4 is 10.1 Å². The summed E-state index contributed by atoms with van der Waals surface area (Å²) in [6.45, 7) is -0.369. The van der Waals surface area contributed by atoms with Crippen LogP contribution in [0.15, 0.2) is 48.5 Å². The van der Waals surface area contributed by atoms with Crippen molar-refractivity contribution >= 4 is 34.2 Å². The second kappa shape index (κ2) is 6.99. The first-order valence-corrected chi connectivity index (χ1v) is 7.29. The van der Waals surface area contributed by atoms with Gasteiger partial charge < -0.3 is 10.1 Å². The van der Waals surface area contributed by atoms with Gasteiger partial charge in [0, 0.05) is 0 Å². The number of benzene rings is 2. The maximum atomic E-state index is 12.8. The predicted molar refractivity (Wildman–Crippen MR) is 84.7 cm³/mol. The van der Waals surface area contributed by atoms with E-state index in [0.29, 0.717) is 5.75 Å². The first-order chi connectivity index (χ1) is 10.4. The Labute approximate surface area is 138 Å². The van der Waals surface area contributed by atoms with Gasteiger partial charge in [0.2, 0.25) is 0 Å². The minimum Gasteiger partial charge on any atom is -0.483 e.